The fraction of sp³-hybridized carbons (Fsp3) is 0.875. The van der Waals surface area contributed by atoms with Crippen molar-refractivity contribution in [3.8, 4) is 0 Å². The van der Waals surface area contributed by atoms with Crippen LogP contribution in [0, 0.1) is 0 Å². The highest BCUT2D eigenvalue weighted by Gasteiger charge is 2.50. The second kappa shape index (κ2) is 2.71. The highest BCUT2D eigenvalue weighted by Crippen LogP contribution is 2.32. The Kier molecular flexibility index (Phi) is 1.81. The molecule has 68 valence electrons. The molecule has 2 aliphatic rings. The largest absolute Gasteiger partial charge is 0.379 e. The van der Waals surface area contributed by atoms with Gasteiger partial charge in [0.2, 0.25) is 5.91 Å². The van der Waals surface area contributed by atoms with Gasteiger partial charge in [-0.1, -0.05) is 0 Å². The van der Waals surface area contributed by atoms with Crippen LogP contribution in [0.5, 0.6) is 0 Å². The van der Waals surface area contributed by atoms with Crippen LogP contribution < -0.4 is 5.32 Å². The number of carbonyl (C=O) groups excluding carboxylic acids is 1. The van der Waals surface area contributed by atoms with E-state index in [4.69, 9.17) is 9.47 Å². The van der Waals surface area contributed by atoms with Gasteiger partial charge in [-0.05, 0) is 6.42 Å². The Hall–Kier alpha value is -0.610. The number of ether oxygens (including phenoxy) is 2. The third-order valence-electron chi connectivity index (χ3n) is 2.73. The van der Waals surface area contributed by atoms with Crippen molar-refractivity contribution in [2.24, 2.45) is 0 Å². The minimum atomic E-state index is -0.107. The first kappa shape index (κ1) is 8.01. The predicted octanol–water partition coefficient (Wildman–Crippen LogP) is -0.320. The molecule has 0 radical (unpaired) electrons. The first-order valence-corrected chi connectivity index (χ1v) is 4.18. The van der Waals surface area contributed by atoms with Crippen molar-refractivity contribution in [1.29, 1.82) is 0 Å². The minimum absolute atomic E-state index is 0.0314. The summed E-state index contributed by atoms with van der Waals surface area (Å²) in [5, 5.41) is 2.92. The zero-order chi connectivity index (χ0) is 8.60. The molecule has 2 rings (SSSR count). The molecule has 0 aromatic rings. The monoisotopic (exact) mass is 171 g/mol. The minimum Gasteiger partial charge on any atom is -0.379 e. The second-order valence-electron chi connectivity index (χ2n) is 3.43. The maximum Gasteiger partial charge on any atom is 0.222 e. The Bertz CT molecular complexity index is 196. The predicted molar refractivity (Wildman–Crippen MR) is 41.7 cm³/mol. The first-order valence-electron chi connectivity index (χ1n) is 4.18. The molecule has 0 saturated carbocycles. The van der Waals surface area contributed by atoms with Crippen molar-refractivity contribution < 1.29 is 14.3 Å². The van der Waals surface area contributed by atoms with Gasteiger partial charge in [0, 0.05) is 13.7 Å². The van der Waals surface area contributed by atoms with Gasteiger partial charge in [-0.2, -0.15) is 0 Å². The van der Waals surface area contributed by atoms with E-state index < -0.39 is 0 Å². The number of β-lactam (4-membered cyclic amide) rings is 1. The van der Waals surface area contributed by atoms with Gasteiger partial charge < -0.3 is 14.8 Å². The van der Waals surface area contributed by atoms with Gasteiger partial charge in [0.1, 0.15) is 6.10 Å². The van der Waals surface area contributed by atoms with E-state index in [0.29, 0.717) is 13.0 Å². The molecule has 1 amide bonds. The van der Waals surface area contributed by atoms with Crippen LogP contribution in [0.2, 0.25) is 0 Å². The number of methoxy groups -OCH3 is 1. The van der Waals surface area contributed by atoms with E-state index >= 15 is 0 Å². The van der Waals surface area contributed by atoms with Crippen molar-refractivity contribution in [1.82, 2.24) is 5.32 Å². The van der Waals surface area contributed by atoms with Gasteiger partial charge in [-0.3, -0.25) is 4.79 Å². The lowest BCUT2D eigenvalue weighted by molar-refractivity contribution is -0.154. The van der Waals surface area contributed by atoms with Crippen LogP contribution in [0.1, 0.15) is 12.8 Å². The molecule has 1 N–H and O–H groups in total. The van der Waals surface area contributed by atoms with Gasteiger partial charge >= 0.3 is 0 Å². The van der Waals surface area contributed by atoms with Crippen molar-refractivity contribution in [2.45, 2.75) is 24.5 Å². The molecule has 1 spiro atoms. The van der Waals surface area contributed by atoms with Gasteiger partial charge in [0.25, 0.3) is 0 Å². The van der Waals surface area contributed by atoms with Crippen LogP contribution in [0.3, 0.4) is 0 Å². The van der Waals surface area contributed by atoms with Crippen LogP contribution in [-0.4, -0.2) is 37.9 Å². The summed E-state index contributed by atoms with van der Waals surface area (Å²) in [7, 11) is 1.66. The lowest BCUT2D eigenvalue weighted by Crippen LogP contribution is -2.70. The van der Waals surface area contributed by atoms with Gasteiger partial charge in [-0.15, -0.1) is 0 Å². The summed E-state index contributed by atoms with van der Waals surface area (Å²) >= 11 is 0. The van der Waals surface area contributed by atoms with Crippen molar-refractivity contribution >= 4 is 5.91 Å². The highest BCUT2D eigenvalue weighted by molar-refractivity contribution is 5.85. The molecule has 2 fully saturated rings. The van der Waals surface area contributed by atoms with Crippen molar-refractivity contribution in [3.63, 3.8) is 0 Å². The molecule has 2 aliphatic heterocycles. The zero-order valence-electron chi connectivity index (χ0n) is 7.13. The number of amides is 1. The fourth-order valence-corrected chi connectivity index (χ4v) is 1.95. The Balaban J connectivity index is 2.05. The average Bonchev–Trinajstić information content (AvgIpc) is 2.03. The normalized spacial score (nSPS) is 40.8. The molecule has 2 heterocycles. The summed E-state index contributed by atoms with van der Waals surface area (Å²) in [4.78, 5) is 10.8. The summed E-state index contributed by atoms with van der Waals surface area (Å²) in [5.74, 6) is 0.124. The van der Waals surface area contributed by atoms with E-state index in [1.807, 2.05) is 0 Å². The van der Waals surface area contributed by atoms with E-state index in [-0.39, 0.29) is 17.6 Å². The van der Waals surface area contributed by atoms with Gasteiger partial charge in [0.15, 0.2) is 0 Å². The molecule has 4 heteroatoms. The summed E-state index contributed by atoms with van der Waals surface area (Å²) in [5.41, 5.74) is -0.107. The smallest absolute Gasteiger partial charge is 0.222 e. The van der Waals surface area contributed by atoms with Crippen LogP contribution in [0.15, 0.2) is 0 Å². The second-order valence-corrected chi connectivity index (χ2v) is 3.43. The first-order chi connectivity index (χ1) is 5.77. The number of carbonyl (C=O) groups is 1. The molecule has 2 unspecified atom stereocenters. The number of nitrogens with one attached hydrogen (secondary N) is 1. The maximum absolute atomic E-state index is 10.8. The van der Waals surface area contributed by atoms with Crippen LogP contribution >= 0.6 is 0 Å². The quantitative estimate of drug-likeness (QED) is 0.550. The molecule has 0 bridgehead atoms. The Morgan fingerprint density at radius 2 is 2.50 bits per heavy atom. The van der Waals surface area contributed by atoms with E-state index in [2.05, 4.69) is 5.32 Å². The van der Waals surface area contributed by atoms with Gasteiger partial charge in [0.05, 0.1) is 18.6 Å². The zero-order valence-corrected chi connectivity index (χ0v) is 7.13. The number of hydrogen-bond donors (Lipinski definition) is 1. The topological polar surface area (TPSA) is 47.6 Å². The lowest BCUT2D eigenvalue weighted by Gasteiger charge is -2.49. The Morgan fingerprint density at radius 1 is 1.75 bits per heavy atom. The molecule has 2 saturated heterocycles. The summed E-state index contributed by atoms with van der Waals surface area (Å²) in [6.07, 6.45) is 1.50. The SMILES string of the molecule is COC1COCCC12CC(=O)N2. The van der Waals surface area contributed by atoms with E-state index in [1.54, 1.807) is 7.11 Å². The molecule has 4 nitrogen and oxygen atoms in total. The van der Waals surface area contributed by atoms with Crippen molar-refractivity contribution in [3.05, 3.63) is 0 Å². The van der Waals surface area contributed by atoms with E-state index in [0.717, 1.165) is 13.0 Å². The average molecular weight is 171 g/mol. The molecule has 12 heavy (non-hydrogen) atoms. The van der Waals surface area contributed by atoms with Crippen LogP contribution in [-0.2, 0) is 14.3 Å². The molecule has 0 aromatic heterocycles. The number of hydrogen-bond acceptors (Lipinski definition) is 3. The molecule has 0 aromatic carbocycles. The van der Waals surface area contributed by atoms with Crippen LogP contribution in [0.4, 0.5) is 0 Å². The molecular weight excluding hydrogens is 158 g/mol. The molecule has 2 atom stereocenters. The summed E-state index contributed by atoms with van der Waals surface area (Å²) in [6, 6.07) is 0. The maximum atomic E-state index is 10.8. The Labute approximate surface area is 71.2 Å². The molecule has 0 aliphatic carbocycles. The highest BCUT2D eigenvalue weighted by atomic mass is 16.5. The summed E-state index contributed by atoms with van der Waals surface area (Å²) < 4.78 is 10.5. The van der Waals surface area contributed by atoms with Crippen molar-refractivity contribution in [2.75, 3.05) is 20.3 Å². The summed E-state index contributed by atoms with van der Waals surface area (Å²) in [6.45, 7) is 1.32. The third-order valence-corrected chi connectivity index (χ3v) is 2.73. The van der Waals surface area contributed by atoms with Gasteiger partial charge in [-0.25, -0.2) is 0 Å². The van der Waals surface area contributed by atoms with E-state index in [1.165, 1.54) is 0 Å². The van der Waals surface area contributed by atoms with Crippen LogP contribution in [0.25, 0.3) is 0 Å². The third kappa shape index (κ3) is 1.03. The fourth-order valence-electron chi connectivity index (χ4n) is 1.95. The van der Waals surface area contributed by atoms with E-state index in [9.17, 15) is 4.79 Å². The molecular formula is C8H13NO3. The number of rotatable bonds is 1. The Morgan fingerprint density at radius 3 is 3.08 bits per heavy atom. The lowest BCUT2D eigenvalue weighted by atomic mass is 9.78. The standard InChI is InChI=1S/C8H13NO3/c1-11-6-5-12-3-2-8(6)4-7(10)9-8/h6H,2-5H2,1H3,(H,9,10).